The second kappa shape index (κ2) is 8.29. The quantitative estimate of drug-likeness (QED) is 0.648. The van der Waals surface area contributed by atoms with Gasteiger partial charge in [0.15, 0.2) is 5.13 Å². The fraction of sp³-hybridized carbons (Fsp3) is 0.577. The van der Waals surface area contributed by atoms with Crippen LogP contribution in [0.3, 0.4) is 0 Å². The molecule has 2 saturated carbocycles. The second-order valence-corrected chi connectivity index (χ2v) is 11.3. The number of ether oxygens (including phenoxy) is 1. The van der Waals surface area contributed by atoms with Gasteiger partial charge in [-0.3, -0.25) is 9.59 Å². The van der Waals surface area contributed by atoms with Crippen molar-refractivity contribution in [2.75, 3.05) is 12.4 Å². The van der Waals surface area contributed by atoms with Crippen LogP contribution in [0.1, 0.15) is 67.4 Å². The summed E-state index contributed by atoms with van der Waals surface area (Å²) in [6.07, 6.45) is 7.85. The molecule has 0 spiro atoms. The lowest BCUT2D eigenvalue weighted by atomic mass is 9.54. The van der Waals surface area contributed by atoms with Crippen molar-refractivity contribution in [3.05, 3.63) is 40.4 Å². The highest BCUT2D eigenvalue weighted by Gasteiger charge is 2.58. The SMILES string of the molecule is COc1ccc2c(c1)CCC1C2CCC2(C)C(=O)CC(CCC(=O)Nc3ncc(C)s3)C12. The van der Waals surface area contributed by atoms with Crippen molar-refractivity contribution >= 4 is 28.2 Å². The third-order valence-corrected chi connectivity index (χ3v) is 9.22. The highest BCUT2D eigenvalue weighted by atomic mass is 32.1. The minimum Gasteiger partial charge on any atom is -0.497 e. The van der Waals surface area contributed by atoms with Crippen molar-refractivity contribution in [3.8, 4) is 5.75 Å². The van der Waals surface area contributed by atoms with E-state index in [1.807, 2.05) is 6.92 Å². The van der Waals surface area contributed by atoms with Gasteiger partial charge in [-0.05, 0) is 86.0 Å². The Bertz CT molecular complexity index is 1050. The lowest BCUT2D eigenvalue weighted by Crippen LogP contribution is -2.44. The van der Waals surface area contributed by atoms with Gasteiger partial charge in [0.1, 0.15) is 11.5 Å². The van der Waals surface area contributed by atoms with Gasteiger partial charge < -0.3 is 10.1 Å². The molecular weight excluding hydrogens is 420 g/mol. The van der Waals surface area contributed by atoms with Crippen molar-refractivity contribution in [3.63, 3.8) is 0 Å². The number of carbonyl (C=O) groups excluding carboxylic acids is 2. The lowest BCUT2D eigenvalue weighted by Gasteiger charge is -2.50. The van der Waals surface area contributed by atoms with Crippen molar-refractivity contribution < 1.29 is 14.3 Å². The lowest BCUT2D eigenvalue weighted by molar-refractivity contribution is -0.129. The number of thiazole rings is 1. The summed E-state index contributed by atoms with van der Waals surface area (Å²) in [6, 6.07) is 6.53. The molecule has 2 aromatic rings. The van der Waals surface area contributed by atoms with E-state index < -0.39 is 0 Å². The summed E-state index contributed by atoms with van der Waals surface area (Å²) in [4.78, 5) is 31.0. The predicted molar refractivity (Wildman–Crippen MR) is 126 cm³/mol. The molecule has 5 rings (SSSR count). The van der Waals surface area contributed by atoms with Gasteiger partial charge in [-0.2, -0.15) is 0 Å². The molecule has 0 aliphatic heterocycles. The zero-order valence-corrected chi connectivity index (χ0v) is 20.0. The molecule has 170 valence electrons. The first-order chi connectivity index (χ1) is 15.4. The number of rotatable bonds is 5. The minimum atomic E-state index is -0.224. The van der Waals surface area contributed by atoms with Crippen LogP contribution in [0.25, 0.3) is 0 Å². The van der Waals surface area contributed by atoms with Gasteiger partial charge >= 0.3 is 0 Å². The molecule has 1 aromatic carbocycles. The summed E-state index contributed by atoms with van der Waals surface area (Å²) in [6.45, 7) is 4.19. The Morgan fingerprint density at radius 1 is 1.34 bits per heavy atom. The standard InChI is InChI=1S/C26H32N2O3S/c1-15-14-27-25(32-15)28-23(30)9-5-17-13-22(29)26(2)11-10-20-19-8-6-18(31-3)12-16(19)4-7-21(20)24(17)26/h6,8,12,14,17,20-21,24H,4-5,7,9-11,13H2,1-3H3,(H,27,28,30). The first-order valence-corrected chi connectivity index (χ1v) is 12.6. The van der Waals surface area contributed by atoms with Gasteiger partial charge in [-0.1, -0.05) is 13.0 Å². The molecule has 5 nitrogen and oxygen atoms in total. The van der Waals surface area contributed by atoms with Crippen LogP contribution in [-0.2, 0) is 16.0 Å². The van der Waals surface area contributed by atoms with Crippen molar-refractivity contribution in [2.45, 2.75) is 64.7 Å². The predicted octanol–water partition coefficient (Wildman–Crippen LogP) is 5.53. The first kappa shape index (κ1) is 21.6. The molecule has 5 unspecified atom stereocenters. The number of Topliss-reactive ketones (excluding diaryl/α,β-unsaturated/α-hetero) is 1. The molecule has 1 amide bonds. The first-order valence-electron chi connectivity index (χ1n) is 11.8. The van der Waals surface area contributed by atoms with Crippen LogP contribution in [0.2, 0.25) is 0 Å². The summed E-state index contributed by atoms with van der Waals surface area (Å²) in [7, 11) is 1.72. The fourth-order valence-electron chi connectivity index (χ4n) is 6.92. The third kappa shape index (κ3) is 3.66. The molecule has 2 fully saturated rings. The third-order valence-electron chi connectivity index (χ3n) is 8.39. The molecule has 0 bridgehead atoms. The van der Waals surface area contributed by atoms with E-state index in [-0.39, 0.29) is 11.3 Å². The van der Waals surface area contributed by atoms with Crippen LogP contribution in [0.4, 0.5) is 5.13 Å². The van der Waals surface area contributed by atoms with E-state index in [1.165, 1.54) is 22.5 Å². The average molecular weight is 453 g/mol. The smallest absolute Gasteiger partial charge is 0.226 e. The molecule has 3 aliphatic carbocycles. The number of fused-ring (bicyclic) bond motifs is 5. The average Bonchev–Trinajstić information content (AvgIpc) is 3.31. The van der Waals surface area contributed by atoms with Gasteiger partial charge in [-0.15, -0.1) is 11.3 Å². The van der Waals surface area contributed by atoms with Gasteiger partial charge in [0.2, 0.25) is 5.91 Å². The van der Waals surface area contributed by atoms with E-state index in [1.54, 1.807) is 13.3 Å². The van der Waals surface area contributed by atoms with Crippen molar-refractivity contribution in [1.29, 1.82) is 0 Å². The summed E-state index contributed by atoms with van der Waals surface area (Å²) in [5.41, 5.74) is 2.64. The molecule has 0 saturated heterocycles. The molecule has 0 radical (unpaired) electrons. The van der Waals surface area contributed by atoms with Gasteiger partial charge in [-0.25, -0.2) is 4.98 Å². The zero-order chi connectivity index (χ0) is 22.5. The maximum atomic E-state index is 13.2. The molecule has 1 N–H and O–H groups in total. The fourth-order valence-corrected chi connectivity index (χ4v) is 7.60. The van der Waals surface area contributed by atoms with Crippen LogP contribution >= 0.6 is 11.3 Å². The Kier molecular flexibility index (Phi) is 5.60. The maximum absolute atomic E-state index is 13.2. The van der Waals surface area contributed by atoms with Crippen LogP contribution < -0.4 is 10.1 Å². The molecular formula is C26H32N2O3S. The van der Waals surface area contributed by atoms with Crippen LogP contribution in [-0.4, -0.2) is 23.8 Å². The number of methoxy groups -OCH3 is 1. The topological polar surface area (TPSA) is 68.3 Å². The number of amides is 1. The highest BCUT2D eigenvalue weighted by Crippen LogP contribution is 2.62. The van der Waals surface area contributed by atoms with Gasteiger partial charge in [0, 0.05) is 29.3 Å². The van der Waals surface area contributed by atoms with E-state index in [0.717, 1.165) is 42.7 Å². The normalized spacial score (nSPS) is 30.9. The van der Waals surface area contributed by atoms with E-state index in [2.05, 4.69) is 35.4 Å². The Labute approximate surface area is 194 Å². The zero-order valence-electron chi connectivity index (χ0n) is 19.1. The molecule has 1 aromatic heterocycles. The molecule has 32 heavy (non-hydrogen) atoms. The Morgan fingerprint density at radius 2 is 2.19 bits per heavy atom. The van der Waals surface area contributed by atoms with E-state index in [4.69, 9.17) is 4.74 Å². The Hall–Kier alpha value is -2.21. The highest BCUT2D eigenvalue weighted by molar-refractivity contribution is 7.15. The summed E-state index contributed by atoms with van der Waals surface area (Å²) in [5, 5.41) is 3.60. The van der Waals surface area contributed by atoms with E-state index in [9.17, 15) is 9.59 Å². The molecule has 5 atom stereocenters. The summed E-state index contributed by atoms with van der Waals surface area (Å²) >= 11 is 1.50. The molecule has 3 aliphatic rings. The number of ketones is 1. The largest absolute Gasteiger partial charge is 0.497 e. The number of carbonyl (C=O) groups is 2. The second-order valence-electron chi connectivity index (χ2n) is 10.1. The van der Waals surface area contributed by atoms with Crippen LogP contribution in [0.5, 0.6) is 5.75 Å². The Morgan fingerprint density at radius 3 is 2.94 bits per heavy atom. The van der Waals surface area contributed by atoms with E-state index in [0.29, 0.717) is 47.4 Å². The number of benzene rings is 1. The molecule has 1 heterocycles. The van der Waals surface area contributed by atoms with Gasteiger partial charge in [0.25, 0.3) is 0 Å². The number of aryl methyl sites for hydroxylation is 2. The molecule has 6 heteroatoms. The number of hydrogen-bond donors (Lipinski definition) is 1. The maximum Gasteiger partial charge on any atom is 0.226 e. The summed E-state index contributed by atoms with van der Waals surface area (Å²) < 4.78 is 5.44. The van der Waals surface area contributed by atoms with Gasteiger partial charge in [0.05, 0.1) is 7.11 Å². The monoisotopic (exact) mass is 452 g/mol. The van der Waals surface area contributed by atoms with E-state index >= 15 is 0 Å². The van der Waals surface area contributed by atoms with Crippen molar-refractivity contribution in [2.24, 2.45) is 23.2 Å². The number of nitrogens with one attached hydrogen (secondary N) is 1. The number of nitrogens with zero attached hydrogens (tertiary/aromatic N) is 1. The minimum absolute atomic E-state index is 0.00819. The van der Waals surface area contributed by atoms with Crippen molar-refractivity contribution in [1.82, 2.24) is 4.98 Å². The number of aromatic nitrogens is 1. The number of anilines is 1. The Balaban J connectivity index is 1.33. The summed E-state index contributed by atoms with van der Waals surface area (Å²) in [5.74, 6) is 3.07. The number of hydrogen-bond acceptors (Lipinski definition) is 5. The van der Waals surface area contributed by atoms with Crippen LogP contribution in [0, 0.1) is 30.1 Å². The van der Waals surface area contributed by atoms with Crippen LogP contribution in [0.15, 0.2) is 24.4 Å².